The highest BCUT2D eigenvalue weighted by atomic mass is 19.3. The van der Waals surface area contributed by atoms with Gasteiger partial charge < -0.3 is 20.1 Å². The second-order valence-corrected chi connectivity index (χ2v) is 6.33. The highest BCUT2D eigenvalue weighted by molar-refractivity contribution is 5.79. The maximum atomic E-state index is 12.2. The largest absolute Gasteiger partial charge is 0.435 e. The van der Waals surface area contributed by atoms with Gasteiger partial charge in [0, 0.05) is 32.6 Å². The third-order valence-electron chi connectivity index (χ3n) is 4.36. The molecule has 0 aromatic heterocycles. The Hall–Kier alpha value is -1.89. The van der Waals surface area contributed by atoms with Crippen molar-refractivity contribution in [1.82, 2.24) is 10.2 Å². The SMILES string of the molecule is CCNC(=NCC1CCCC1O)N(C)Cc1ccc(OC(F)F)cc1. The molecule has 0 saturated heterocycles. The van der Waals surface area contributed by atoms with Crippen LogP contribution in [0, 0.1) is 5.92 Å². The summed E-state index contributed by atoms with van der Waals surface area (Å²) in [7, 11) is 1.93. The number of guanidine groups is 1. The zero-order valence-corrected chi connectivity index (χ0v) is 14.8. The fraction of sp³-hybridized carbons (Fsp3) is 0.611. The molecule has 0 radical (unpaired) electrons. The maximum absolute atomic E-state index is 12.2. The van der Waals surface area contributed by atoms with Crippen LogP contribution in [0.25, 0.3) is 0 Å². The van der Waals surface area contributed by atoms with Gasteiger partial charge in [-0.15, -0.1) is 0 Å². The fourth-order valence-electron chi connectivity index (χ4n) is 3.03. The molecular weight excluding hydrogens is 328 g/mol. The molecule has 140 valence electrons. The van der Waals surface area contributed by atoms with Gasteiger partial charge in [0.1, 0.15) is 5.75 Å². The Morgan fingerprint density at radius 3 is 2.64 bits per heavy atom. The van der Waals surface area contributed by atoms with E-state index in [1.807, 2.05) is 18.9 Å². The molecule has 2 rings (SSSR count). The molecule has 2 atom stereocenters. The van der Waals surface area contributed by atoms with Gasteiger partial charge in [0.25, 0.3) is 0 Å². The zero-order chi connectivity index (χ0) is 18.2. The second-order valence-electron chi connectivity index (χ2n) is 6.33. The van der Waals surface area contributed by atoms with Crippen molar-refractivity contribution in [3.8, 4) is 5.75 Å². The van der Waals surface area contributed by atoms with Crippen molar-refractivity contribution in [2.45, 2.75) is 45.4 Å². The molecule has 1 aromatic carbocycles. The molecule has 25 heavy (non-hydrogen) atoms. The van der Waals surface area contributed by atoms with E-state index in [0.29, 0.717) is 13.1 Å². The molecule has 2 N–H and O–H groups in total. The lowest BCUT2D eigenvalue weighted by Crippen LogP contribution is -2.39. The summed E-state index contributed by atoms with van der Waals surface area (Å²) in [6, 6.07) is 6.60. The smallest absolute Gasteiger partial charge is 0.387 e. The lowest BCUT2D eigenvalue weighted by atomic mass is 10.1. The number of nitrogens with zero attached hydrogens (tertiary/aromatic N) is 2. The van der Waals surface area contributed by atoms with E-state index in [-0.39, 0.29) is 17.8 Å². The molecule has 1 aliphatic rings. The van der Waals surface area contributed by atoms with E-state index in [0.717, 1.165) is 37.3 Å². The maximum Gasteiger partial charge on any atom is 0.387 e. The summed E-state index contributed by atoms with van der Waals surface area (Å²) in [6.45, 7) is 1.14. The quantitative estimate of drug-likeness (QED) is 0.583. The lowest BCUT2D eigenvalue weighted by Gasteiger charge is -2.23. The Bertz CT molecular complexity index is 552. The topological polar surface area (TPSA) is 57.1 Å². The number of aliphatic hydroxyl groups is 1. The third-order valence-corrected chi connectivity index (χ3v) is 4.36. The fourth-order valence-corrected chi connectivity index (χ4v) is 3.03. The molecule has 1 fully saturated rings. The van der Waals surface area contributed by atoms with Crippen LogP contribution in [-0.2, 0) is 6.54 Å². The van der Waals surface area contributed by atoms with Crippen LogP contribution in [0.2, 0.25) is 0 Å². The molecule has 5 nitrogen and oxygen atoms in total. The first kappa shape index (κ1) is 19.4. The monoisotopic (exact) mass is 355 g/mol. The van der Waals surface area contributed by atoms with Crippen LogP contribution >= 0.6 is 0 Å². The number of rotatable bonds is 7. The van der Waals surface area contributed by atoms with Crippen molar-refractivity contribution in [2.75, 3.05) is 20.1 Å². The van der Waals surface area contributed by atoms with Crippen LogP contribution in [0.5, 0.6) is 5.75 Å². The summed E-state index contributed by atoms with van der Waals surface area (Å²) in [5.41, 5.74) is 0.968. The summed E-state index contributed by atoms with van der Waals surface area (Å²) in [6.07, 6.45) is 2.68. The average Bonchev–Trinajstić information content (AvgIpc) is 2.98. The number of alkyl halides is 2. The summed E-state index contributed by atoms with van der Waals surface area (Å²) in [5.74, 6) is 1.15. The predicted octanol–water partition coefficient (Wildman–Crippen LogP) is 2.85. The standard InChI is InChI=1S/C18H27F2N3O2/c1-3-21-18(22-11-14-5-4-6-16(14)24)23(2)12-13-7-9-15(10-8-13)25-17(19)20/h7-10,14,16-17,24H,3-6,11-12H2,1-2H3,(H,21,22). The molecule has 0 bridgehead atoms. The molecule has 0 heterocycles. The van der Waals surface area contributed by atoms with E-state index in [2.05, 4.69) is 15.0 Å². The van der Waals surface area contributed by atoms with Crippen LogP contribution in [-0.4, -0.2) is 48.8 Å². The Morgan fingerprint density at radius 1 is 1.36 bits per heavy atom. The van der Waals surface area contributed by atoms with Gasteiger partial charge in [0.2, 0.25) is 0 Å². The zero-order valence-electron chi connectivity index (χ0n) is 14.8. The Morgan fingerprint density at radius 2 is 2.08 bits per heavy atom. The second kappa shape index (κ2) is 9.56. The molecule has 2 unspecified atom stereocenters. The van der Waals surface area contributed by atoms with Gasteiger partial charge >= 0.3 is 6.61 Å². The molecule has 1 aliphatic carbocycles. The van der Waals surface area contributed by atoms with Crippen LogP contribution in [0.1, 0.15) is 31.7 Å². The molecule has 1 saturated carbocycles. The van der Waals surface area contributed by atoms with E-state index in [1.165, 1.54) is 12.1 Å². The van der Waals surface area contributed by atoms with Crippen molar-refractivity contribution in [3.63, 3.8) is 0 Å². The minimum Gasteiger partial charge on any atom is -0.435 e. The van der Waals surface area contributed by atoms with E-state index < -0.39 is 6.61 Å². The minimum atomic E-state index is -2.81. The lowest BCUT2D eigenvalue weighted by molar-refractivity contribution is -0.0498. The summed E-state index contributed by atoms with van der Waals surface area (Å²) >= 11 is 0. The predicted molar refractivity (Wildman–Crippen MR) is 93.9 cm³/mol. The Kier molecular flexibility index (Phi) is 7.43. The first-order valence-electron chi connectivity index (χ1n) is 8.71. The molecule has 0 aliphatic heterocycles. The van der Waals surface area contributed by atoms with Crippen LogP contribution in [0.15, 0.2) is 29.3 Å². The average molecular weight is 355 g/mol. The molecular formula is C18H27F2N3O2. The number of ether oxygens (including phenoxy) is 1. The van der Waals surface area contributed by atoms with Gasteiger partial charge in [0.05, 0.1) is 6.10 Å². The molecule has 1 aromatic rings. The summed E-state index contributed by atoms with van der Waals surface area (Å²) in [4.78, 5) is 6.63. The van der Waals surface area contributed by atoms with Gasteiger partial charge in [-0.2, -0.15) is 8.78 Å². The van der Waals surface area contributed by atoms with Crippen LogP contribution in [0.4, 0.5) is 8.78 Å². The first-order chi connectivity index (χ1) is 12.0. The third kappa shape index (κ3) is 6.16. The van der Waals surface area contributed by atoms with Crippen molar-refractivity contribution < 1.29 is 18.6 Å². The number of hydrogen-bond donors (Lipinski definition) is 2. The summed E-state index contributed by atoms with van der Waals surface area (Å²) in [5, 5.41) is 13.2. The molecule has 0 amide bonds. The normalized spacial score (nSPS) is 20.8. The van der Waals surface area contributed by atoms with Crippen LogP contribution < -0.4 is 10.1 Å². The number of nitrogens with one attached hydrogen (secondary N) is 1. The number of aliphatic imine (C=N–C) groups is 1. The Balaban J connectivity index is 1.95. The van der Waals surface area contributed by atoms with Crippen molar-refractivity contribution in [1.29, 1.82) is 0 Å². The molecule has 0 spiro atoms. The van der Waals surface area contributed by atoms with Gasteiger partial charge in [-0.25, -0.2) is 0 Å². The van der Waals surface area contributed by atoms with E-state index in [9.17, 15) is 13.9 Å². The van der Waals surface area contributed by atoms with E-state index in [1.54, 1.807) is 12.1 Å². The van der Waals surface area contributed by atoms with Crippen molar-refractivity contribution in [2.24, 2.45) is 10.9 Å². The number of hydrogen-bond acceptors (Lipinski definition) is 3. The first-order valence-corrected chi connectivity index (χ1v) is 8.71. The highest BCUT2D eigenvalue weighted by Crippen LogP contribution is 2.25. The van der Waals surface area contributed by atoms with Crippen molar-refractivity contribution in [3.05, 3.63) is 29.8 Å². The van der Waals surface area contributed by atoms with Gasteiger partial charge in [-0.3, -0.25) is 4.99 Å². The number of aliphatic hydroxyl groups excluding tert-OH is 1. The number of benzene rings is 1. The van der Waals surface area contributed by atoms with Gasteiger partial charge in [-0.05, 0) is 37.5 Å². The molecule has 7 heteroatoms. The van der Waals surface area contributed by atoms with Crippen LogP contribution in [0.3, 0.4) is 0 Å². The highest BCUT2D eigenvalue weighted by Gasteiger charge is 2.25. The summed E-state index contributed by atoms with van der Waals surface area (Å²) < 4.78 is 28.7. The van der Waals surface area contributed by atoms with Gasteiger partial charge in [0.15, 0.2) is 5.96 Å². The number of halogens is 2. The van der Waals surface area contributed by atoms with E-state index >= 15 is 0 Å². The minimum absolute atomic E-state index is 0.150. The van der Waals surface area contributed by atoms with Crippen molar-refractivity contribution >= 4 is 5.96 Å². The van der Waals surface area contributed by atoms with E-state index in [4.69, 9.17) is 0 Å². The Labute approximate surface area is 147 Å². The van der Waals surface area contributed by atoms with Gasteiger partial charge in [-0.1, -0.05) is 18.6 Å².